The number of amides is 1. The van der Waals surface area contributed by atoms with Gasteiger partial charge in [0.15, 0.2) is 5.82 Å². The third-order valence-electron chi connectivity index (χ3n) is 8.50. The normalized spacial score (nSPS) is 16.4. The Morgan fingerprint density at radius 2 is 1.98 bits per heavy atom. The zero-order chi connectivity index (χ0) is 31.3. The molecule has 1 saturated heterocycles. The standard InChI is InChI=1S/C33H34F2N6O3/c1-6-26(42)39-12-13-40(20(5)16-39)32-22-15-25(35)29(27-24(34)8-7-21-10-14-44-30(21)27)37-31(22)41(33(43)38-32)17-23-19(4)9-11-36-28(23)18(2)3/h6-9,11,15,18,20H,1,10,12-14,16-17H2,2-5H3/t20-/m0/s1. The maximum Gasteiger partial charge on any atom is 0.351 e. The number of rotatable bonds is 6. The number of benzene rings is 1. The molecule has 11 heteroatoms. The fourth-order valence-electron chi connectivity index (χ4n) is 6.21. The van der Waals surface area contributed by atoms with Gasteiger partial charge in [-0.3, -0.25) is 14.3 Å². The third kappa shape index (κ3) is 4.99. The molecule has 3 aromatic heterocycles. The third-order valence-corrected chi connectivity index (χ3v) is 8.50. The number of piperazine rings is 1. The van der Waals surface area contributed by atoms with E-state index in [1.165, 1.54) is 22.8 Å². The highest BCUT2D eigenvalue weighted by atomic mass is 19.1. The van der Waals surface area contributed by atoms with Gasteiger partial charge in [-0.2, -0.15) is 4.98 Å². The minimum atomic E-state index is -0.762. The average molecular weight is 601 g/mol. The van der Waals surface area contributed by atoms with E-state index >= 15 is 8.78 Å². The molecule has 1 atom stereocenters. The summed E-state index contributed by atoms with van der Waals surface area (Å²) < 4.78 is 38.6. The van der Waals surface area contributed by atoms with Crippen LogP contribution in [0.25, 0.3) is 22.3 Å². The van der Waals surface area contributed by atoms with Crippen molar-refractivity contribution in [1.82, 2.24) is 24.4 Å². The molecule has 4 aromatic rings. The molecule has 0 radical (unpaired) electrons. The lowest BCUT2D eigenvalue weighted by atomic mass is 9.99. The SMILES string of the molecule is C=CC(=O)N1CCN(c2nc(=O)n(Cc3c(C)ccnc3C(C)C)c3nc(-c4c(F)ccc5c4OCC5)c(F)cc23)[C@@H](C)C1. The highest BCUT2D eigenvalue weighted by Gasteiger charge is 2.31. The number of ether oxygens (including phenoxy) is 1. The van der Waals surface area contributed by atoms with Gasteiger partial charge in [0.05, 0.1) is 24.1 Å². The molecule has 44 heavy (non-hydrogen) atoms. The summed E-state index contributed by atoms with van der Waals surface area (Å²) >= 11 is 0. The van der Waals surface area contributed by atoms with Crippen molar-refractivity contribution < 1.29 is 18.3 Å². The molecule has 9 nitrogen and oxygen atoms in total. The van der Waals surface area contributed by atoms with Gasteiger partial charge in [-0.1, -0.05) is 26.5 Å². The largest absolute Gasteiger partial charge is 0.492 e. The molecule has 228 valence electrons. The van der Waals surface area contributed by atoms with Gasteiger partial charge in [-0.25, -0.2) is 18.6 Å². The first-order valence-corrected chi connectivity index (χ1v) is 14.8. The maximum atomic E-state index is 16.1. The number of pyridine rings is 2. The summed E-state index contributed by atoms with van der Waals surface area (Å²) in [5.74, 6) is -1.01. The average Bonchev–Trinajstić information content (AvgIpc) is 3.47. The quantitative estimate of drug-likeness (QED) is 0.295. The van der Waals surface area contributed by atoms with Crippen molar-refractivity contribution in [1.29, 1.82) is 0 Å². The number of carbonyl (C=O) groups is 1. The number of aromatic nitrogens is 4. The minimum absolute atomic E-state index is 0.0675. The van der Waals surface area contributed by atoms with E-state index in [0.29, 0.717) is 38.0 Å². The lowest BCUT2D eigenvalue weighted by Crippen LogP contribution is -2.54. The number of aryl methyl sites for hydroxylation is 1. The lowest BCUT2D eigenvalue weighted by molar-refractivity contribution is -0.126. The van der Waals surface area contributed by atoms with Crippen LogP contribution in [-0.2, 0) is 17.8 Å². The first-order valence-electron chi connectivity index (χ1n) is 14.8. The van der Waals surface area contributed by atoms with Crippen LogP contribution in [-0.4, -0.2) is 62.6 Å². The first-order chi connectivity index (χ1) is 21.1. The summed E-state index contributed by atoms with van der Waals surface area (Å²) in [4.78, 5) is 43.5. The van der Waals surface area contributed by atoms with Crippen LogP contribution >= 0.6 is 0 Å². The monoisotopic (exact) mass is 600 g/mol. The van der Waals surface area contributed by atoms with Crippen molar-refractivity contribution in [3.63, 3.8) is 0 Å². The Labute approximate surface area is 253 Å². The van der Waals surface area contributed by atoms with Crippen LogP contribution in [0.3, 0.4) is 0 Å². The van der Waals surface area contributed by atoms with E-state index in [4.69, 9.17) is 4.74 Å². The molecular formula is C33H34F2N6O3. The zero-order valence-electron chi connectivity index (χ0n) is 25.2. The molecule has 1 fully saturated rings. The Morgan fingerprint density at radius 3 is 2.70 bits per heavy atom. The smallest absolute Gasteiger partial charge is 0.351 e. The van der Waals surface area contributed by atoms with Gasteiger partial charge < -0.3 is 14.5 Å². The van der Waals surface area contributed by atoms with Crippen LogP contribution in [0.2, 0.25) is 0 Å². The maximum absolute atomic E-state index is 16.1. The molecule has 0 spiro atoms. The highest BCUT2D eigenvalue weighted by Crippen LogP contribution is 2.40. The molecule has 0 saturated carbocycles. The topological polar surface area (TPSA) is 93.5 Å². The molecule has 6 rings (SSSR count). The van der Waals surface area contributed by atoms with E-state index < -0.39 is 17.3 Å². The van der Waals surface area contributed by atoms with E-state index in [0.717, 1.165) is 22.4 Å². The summed E-state index contributed by atoms with van der Waals surface area (Å²) in [6, 6.07) is 5.84. The van der Waals surface area contributed by atoms with Crippen LogP contribution in [0.4, 0.5) is 14.6 Å². The number of nitrogens with zero attached hydrogens (tertiary/aromatic N) is 6. The van der Waals surface area contributed by atoms with E-state index in [1.807, 2.05) is 38.7 Å². The van der Waals surface area contributed by atoms with Crippen LogP contribution in [0, 0.1) is 18.6 Å². The van der Waals surface area contributed by atoms with Gasteiger partial charge in [0, 0.05) is 44.0 Å². The fraction of sp³-hybridized carbons (Fsp3) is 0.364. The Hall–Kier alpha value is -4.67. The van der Waals surface area contributed by atoms with Gasteiger partial charge in [-0.05, 0) is 60.7 Å². The van der Waals surface area contributed by atoms with Crippen LogP contribution in [0.15, 0.2) is 47.9 Å². The molecule has 2 aliphatic rings. The van der Waals surface area contributed by atoms with E-state index in [9.17, 15) is 9.59 Å². The highest BCUT2D eigenvalue weighted by molar-refractivity contribution is 5.91. The summed E-state index contributed by atoms with van der Waals surface area (Å²) in [6.45, 7) is 13.0. The molecule has 1 aromatic carbocycles. The number of hydrogen-bond acceptors (Lipinski definition) is 7. The molecule has 0 bridgehead atoms. The van der Waals surface area contributed by atoms with Crippen molar-refractivity contribution in [3.8, 4) is 17.0 Å². The molecule has 0 aliphatic carbocycles. The van der Waals surface area contributed by atoms with Crippen LogP contribution < -0.4 is 15.3 Å². The van der Waals surface area contributed by atoms with E-state index in [-0.39, 0.29) is 52.9 Å². The second-order valence-corrected chi connectivity index (χ2v) is 11.7. The van der Waals surface area contributed by atoms with E-state index in [2.05, 4.69) is 21.5 Å². The molecule has 0 N–H and O–H groups in total. The van der Waals surface area contributed by atoms with Gasteiger partial charge in [-0.15, -0.1) is 0 Å². The minimum Gasteiger partial charge on any atom is -0.492 e. The Morgan fingerprint density at radius 1 is 1.18 bits per heavy atom. The number of halogens is 2. The predicted octanol–water partition coefficient (Wildman–Crippen LogP) is 4.77. The molecule has 0 unspecified atom stereocenters. The molecule has 2 aliphatic heterocycles. The van der Waals surface area contributed by atoms with Crippen LogP contribution in [0.5, 0.6) is 5.75 Å². The van der Waals surface area contributed by atoms with Crippen LogP contribution in [0.1, 0.15) is 49.1 Å². The van der Waals surface area contributed by atoms with Crippen molar-refractivity contribution >= 4 is 22.8 Å². The summed E-state index contributed by atoms with van der Waals surface area (Å²) in [6.07, 6.45) is 3.58. The number of anilines is 1. The Bertz CT molecular complexity index is 1870. The number of carbonyl (C=O) groups excluding carboxylic acids is 1. The van der Waals surface area contributed by atoms with Crippen molar-refractivity contribution in [2.24, 2.45) is 0 Å². The Kier molecular flexibility index (Phi) is 7.65. The zero-order valence-corrected chi connectivity index (χ0v) is 25.2. The molecular weight excluding hydrogens is 566 g/mol. The van der Waals surface area contributed by atoms with Crippen molar-refractivity contribution in [2.45, 2.75) is 52.6 Å². The lowest BCUT2D eigenvalue weighted by Gasteiger charge is -2.40. The summed E-state index contributed by atoms with van der Waals surface area (Å²) in [5, 5.41) is 0.308. The van der Waals surface area contributed by atoms with Gasteiger partial charge in [0.2, 0.25) is 5.91 Å². The van der Waals surface area contributed by atoms with Crippen molar-refractivity contribution in [3.05, 3.63) is 87.6 Å². The van der Waals surface area contributed by atoms with Gasteiger partial charge >= 0.3 is 5.69 Å². The van der Waals surface area contributed by atoms with Crippen molar-refractivity contribution in [2.75, 3.05) is 31.1 Å². The van der Waals surface area contributed by atoms with Gasteiger partial charge in [0.1, 0.15) is 28.7 Å². The Balaban J connectivity index is 1.58. The first kappa shape index (κ1) is 29.4. The molecule has 5 heterocycles. The number of hydrogen-bond donors (Lipinski definition) is 0. The fourth-order valence-corrected chi connectivity index (χ4v) is 6.21. The van der Waals surface area contributed by atoms with E-state index in [1.54, 1.807) is 17.2 Å². The summed E-state index contributed by atoms with van der Waals surface area (Å²) in [5.41, 5.74) is 2.66. The summed E-state index contributed by atoms with van der Waals surface area (Å²) in [7, 11) is 0. The second kappa shape index (κ2) is 11.4. The van der Waals surface area contributed by atoms with Gasteiger partial charge in [0.25, 0.3) is 0 Å². The second-order valence-electron chi connectivity index (χ2n) is 11.7. The predicted molar refractivity (Wildman–Crippen MR) is 164 cm³/mol. The number of fused-ring (bicyclic) bond motifs is 2. The molecule has 1 amide bonds.